The zero-order valence-corrected chi connectivity index (χ0v) is 59.6. The minimum Gasteiger partial charge on any atom is -0.376 e. The van der Waals surface area contributed by atoms with Gasteiger partial charge in [-0.05, 0) is 83.7 Å². The molecule has 1 aliphatic carbocycles. The number of benzene rings is 7. The Labute approximate surface area is 599 Å². The molecule has 4 aliphatic heterocycles. The van der Waals surface area contributed by atoms with Crippen molar-refractivity contribution >= 4 is 0 Å². The molecular formula is C86H106O15. The Hall–Kier alpha value is -6.32. The fourth-order valence-electron chi connectivity index (χ4n) is 14.8. The van der Waals surface area contributed by atoms with Crippen LogP contribution in [0.1, 0.15) is 118 Å². The molecule has 4 heterocycles. The molecule has 12 rings (SSSR count). The Morgan fingerprint density at radius 2 is 0.851 bits per heavy atom. The maximum absolute atomic E-state index is 8.06. The Bertz CT molecular complexity index is 3440. The van der Waals surface area contributed by atoms with Crippen LogP contribution in [0.2, 0.25) is 0 Å². The van der Waals surface area contributed by atoms with Crippen molar-refractivity contribution in [3.05, 3.63) is 264 Å². The van der Waals surface area contributed by atoms with Gasteiger partial charge in [-0.1, -0.05) is 259 Å². The maximum Gasteiger partial charge on any atom is 0.187 e. The van der Waals surface area contributed by atoms with Crippen molar-refractivity contribution in [2.45, 2.75) is 211 Å². The van der Waals surface area contributed by atoms with E-state index in [1.54, 1.807) is 0 Å². The highest BCUT2D eigenvalue weighted by Crippen LogP contribution is 2.46. The summed E-state index contributed by atoms with van der Waals surface area (Å²) in [7, 11) is 0. The number of allylic oxidation sites excluding steroid dienone is 1. The summed E-state index contributed by atoms with van der Waals surface area (Å²) in [6, 6.07) is 71.4. The molecule has 4 saturated heterocycles. The van der Waals surface area contributed by atoms with Crippen LogP contribution in [-0.4, -0.2) is 119 Å². The van der Waals surface area contributed by atoms with Crippen molar-refractivity contribution in [3.63, 3.8) is 0 Å². The summed E-state index contributed by atoms with van der Waals surface area (Å²) < 4.78 is 109. The fourth-order valence-corrected chi connectivity index (χ4v) is 14.8. The average molecular weight is 1380 g/mol. The molecule has 7 aromatic carbocycles. The van der Waals surface area contributed by atoms with Gasteiger partial charge in [0, 0.05) is 24.0 Å². The number of ether oxygens (including phenoxy) is 15. The van der Waals surface area contributed by atoms with E-state index < -0.39 is 86.2 Å². The van der Waals surface area contributed by atoms with Gasteiger partial charge in [0.2, 0.25) is 0 Å². The van der Waals surface area contributed by atoms with Gasteiger partial charge in [-0.25, -0.2) is 0 Å². The quantitative estimate of drug-likeness (QED) is 0.0275. The van der Waals surface area contributed by atoms with Crippen LogP contribution in [0.3, 0.4) is 0 Å². The molecule has 540 valence electrons. The molecule has 101 heavy (non-hydrogen) atoms. The van der Waals surface area contributed by atoms with Crippen LogP contribution < -0.4 is 0 Å². The van der Waals surface area contributed by atoms with Crippen LogP contribution in [-0.2, 0) is 111 Å². The summed E-state index contributed by atoms with van der Waals surface area (Å²) in [5, 5.41) is 0. The van der Waals surface area contributed by atoms with E-state index in [1.165, 1.54) is 0 Å². The first kappa shape index (κ1) is 74.4. The second-order valence-electron chi connectivity index (χ2n) is 28.2. The summed E-state index contributed by atoms with van der Waals surface area (Å²) >= 11 is 0. The summed E-state index contributed by atoms with van der Waals surface area (Å²) in [4.78, 5) is 0. The third kappa shape index (κ3) is 20.6. The van der Waals surface area contributed by atoms with Crippen LogP contribution in [0, 0.1) is 29.6 Å². The van der Waals surface area contributed by atoms with E-state index in [0.29, 0.717) is 46.1 Å². The van der Waals surface area contributed by atoms with E-state index >= 15 is 0 Å². The summed E-state index contributed by atoms with van der Waals surface area (Å²) in [5.74, 6) is -0.367. The van der Waals surface area contributed by atoms with Crippen LogP contribution in [0.4, 0.5) is 0 Å². The van der Waals surface area contributed by atoms with Crippen molar-refractivity contribution in [3.8, 4) is 0 Å². The van der Waals surface area contributed by atoms with E-state index in [2.05, 4.69) is 119 Å². The smallest absolute Gasteiger partial charge is 0.187 e. The van der Waals surface area contributed by atoms with Crippen molar-refractivity contribution in [1.82, 2.24) is 0 Å². The van der Waals surface area contributed by atoms with E-state index in [-0.39, 0.29) is 68.2 Å². The molecule has 5 fully saturated rings. The van der Waals surface area contributed by atoms with E-state index in [1.807, 2.05) is 140 Å². The molecule has 0 bridgehead atoms. The molecule has 5 aliphatic rings. The lowest BCUT2D eigenvalue weighted by molar-refractivity contribution is -0.414. The van der Waals surface area contributed by atoms with Gasteiger partial charge in [-0.3, -0.25) is 0 Å². The van der Waals surface area contributed by atoms with Gasteiger partial charge in [-0.2, -0.15) is 0 Å². The van der Waals surface area contributed by atoms with E-state index in [9.17, 15) is 0 Å². The number of fused-ring (bicyclic) bond motifs is 1. The molecule has 9 unspecified atom stereocenters. The first-order valence-electron chi connectivity index (χ1n) is 37.0. The average Bonchev–Trinajstić information content (AvgIpc) is 0.759. The predicted octanol–water partition coefficient (Wildman–Crippen LogP) is 16.3. The van der Waals surface area contributed by atoms with Gasteiger partial charge >= 0.3 is 0 Å². The molecule has 1 saturated carbocycles. The van der Waals surface area contributed by atoms with E-state index in [4.69, 9.17) is 71.1 Å². The summed E-state index contributed by atoms with van der Waals surface area (Å²) in [6.07, 6.45) is -3.85. The minimum atomic E-state index is -1.15. The molecule has 0 N–H and O–H groups in total. The standard InChI is InChI=1S/C86H106O15/c1-7-8-9-10-11-33-48-89-83-62(5)61(4)76(73(97-83)57-88-51-65-36-21-13-22-37-65)99-86-82(101-85-81(93-55-69-44-29-17-30-45-69)79(92-54-68-42-27-16-28-43-68)77(63(6)95-85)91-53-67-40-25-15-26-41-67)80(78-74(98-86)58-94-84(100-78)70-46-31-18-32-47-70)96-72-49-71(56-87-50-64-34-19-12-20-35-64)75(60(3)59(72)2)90-52-66-38-23-14-24-39-66/h7,12-32,34-47,59-63,71-86H,1,8-11,33,48-58H2,2-6H3/t59?,60-,61-,62?,63?,71?,72-,73?,74?,75-,76-,77+,78+,79-,80+,81?,82?,83-,84?,85+,86+/m1/s1. The molecular weight excluding hydrogens is 1270 g/mol. The Balaban J connectivity index is 0.936. The topological polar surface area (TPSA) is 138 Å². The van der Waals surface area contributed by atoms with Crippen LogP contribution in [0.15, 0.2) is 225 Å². The molecule has 15 heteroatoms. The Morgan fingerprint density at radius 3 is 1.41 bits per heavy atom. The van der Waals surface area contributed by atoms with Crippen LogP contribution in [0.25, 0.3) is 0 Å². The maximum atomic E-state index is 8.06. The Kier molecular flexibility index (Phi) is 28.3. The third-order valence-corrected chi connectivity index (χ3v) is 20.9. The fraction of sp³-hybridized carbons (Fsp3) is 0.488. The summed E-state index contributed by atoms with van der Waals surface area (Å²) in [6.45, 7) is 18.3. The molecule has 15 nitrogen and oxygen atoms in total. The SMILES string of the molecule is C=CCCCCCCO[C@@H]1OC(COCc2ccccc2)[C@H](O[C@@H]2OC3COC(c4ccccc4)O[C@@H]3[C@H](O[C@@H]3CC(COCc4ccccc4)[C@H](OCc4ccccc4)[C@H](C)C3C)C2O[C@@H]2OC(C)[C@H](OCc3ccccc3)[C@@H](OCc3ccccc3)C2OCc2ccccc2)[C@H](C)C1C. The zero-order valence-electron chi connectivity index (χ0n) is 59.6. The van der Waals surface area contributed by atoms with Crippen molar-refractivity contribution in [2.24, 2.45) is 29.6 Å². The molecule has 0 spiro atoms. The highest BCUT2D eigenvalue weighted by Gasteiger charge is 2.58. The van der Waals surface area contributed by atoms with Crippen LogP contribution in [0.5, 0.6) is 0 Å². The monoisotopic (exact) mass is 1380 g/mol. The van der Waals surface area contributed by atoms with Crippen molar-refractivity contribution < 1.29 is 71.1 Å². The van der Waals surface area contributed by atoms with Gasteiger partial charge in [-0.15, -0.1) is 6.58 Å². The number of rotatable bonds is 35. The second kappa shape index (κ2) is 38.4. The predicted molar refractivity (Wildman–Crippen MR) is 386 cm³/mol. The van der Waals surface area contributed by atoms with E-state index in [0.717, 1.165) is 71.0 Å². The first-order valence-corrected chi connectivity index (χ1v) is 37.0. The molecule has 7 aromatic rings. The number of unbranched alkanes of at least 4 members (excludes halogenated alkanes) is 4. The first-order chi connectivity index (χ1) is 49.6. The normalized spacial score (nSPS) is 31.2. The molecule has 21 atom stereocenters. The zero-order chi connectivity index (χ0) is 69.5. The van der Waals surface area contributed by atoms with Gasteiger partial charge in [0.25, 0.3) is 0 Å². The van der Waals surface area contributed by atoms with Crippen molar-refractivity contribution in [2.75, 3.05) is 26.4 Å². The van der Waals surface area contributed by atoms with Gasteiger partial charge in [0.15, 0.2) is 25.2 Å². The highest BCUT2D eigenvalue weighted by molar-refractivity contribution is 5.20. The molecule has 0 aromatic heterocycles. The van der Waals surface area contributed by atoms with Gasteiger partial charge < -0.3 is 71.1 Å². The second-order valence-corrected chi connectivity index (χ2v) is 28.2. The highest BCUT2D eigenvalue weighted by atomic mass is 16.8. The lowest BCUT2D eigenvalue weighted by atomic mass is 9.71. The molecule has 0 radical (unpaired) electrons. The number of hydrogen-bond acceptors (Lipinski definition) is 15. The number of hydrogen-bond donors (Lipinski definition) is 0. The largest absolute Gasteiger partial charge is 0.376 e. The lowest BCUT2D eigenvalue weighted by Crippen LogP contribution is -2.68. The minimum absolute atomic E-state index is 0.0111. The van der Waals surface area contributed by atoms with Gasteiger partial charge in [0.05, 0.1) is 83.9 Å². The van der Waals surface area contributed by atoms with Gasteiger partial charge in [0.1, 0.15) is 48.8 Å². The Morgan fingerprint density at radius 1 is 0.386 bits per heavy atom. The lowest BCUT2D eigenvalue weighted by Gasteiger charge is -2.54. The van der Waals surface area contributed by atoms with Crippen molar-refractivity contribution in [1.29, 1.82) is 0 Å². The van der Waals surface area contributed by atoms with Crippen LogP contribution >= 0.6 is 0 Å². The third-order valence-electron chi connectivity index (χ3n) is 20.9. The summed E-state index contributed by atoms with van der Waals surface area (Å²) in [5.41, 5.74) is 7.07. The molecule has 0 amide bonds.